The Bertz CT molecular complexity index is 507. The van der Waals surface area contributed by atoms with Gasteiger partial charge in [0, 0.05) is 24.6 Å². The SMILES string of the molecule is COc1ccc(OC)c(C(C)NC(=O)CC2COCCN2)c1.Cl. The van der Waals surface area contributed by atoms with Gasteiger partial charge in [0.1, 0.15) is 11.5 Å². The van der Waals surface area contributed by atoms with E-state index in [9.17, 15) is 4.79 Å². The zero-order chi connectivity index (χ0) is 15.9. The van der Waals surface area contributed by atoms with E-state index in [1.165, 1.54) is 0 Å². The molecule has 0 saturated carbocycles. The number of ether oxygens (including phenoxy) is 3. The molecule has 2 unspecified atom stereocenters. The fraction of sp³-hybridized carbons (Fsp3) is 0.562. The number of nitrogens with one attached hydrogen (secondary N) is 2. The van der Waals surface area contributed by atoms with E-state index in [0.29, 0.717) is 19.6 Å². The summed E-state index contributed by atoms with van der Waals surface area (Å²) in [6, 6.07) is 5.47. The maximum absolute atomic E-state index is 12.2. The van der Waals surface area contributed by atoms with E-state index in [2.05, 4.69) is 10.6 Å². The molecule has 1 aromatic carbocycles. The standard InChI is InChI=1S/C16H24N2O4.ClH/c1-11(14-9-13(20-2)4-5-15(14)21-3)18-16(19)8-12-10-22-7-6-17-12;/h4-5,9,11-12,17H,6-8,10H2,1-3H3,(H,18,19);1H. The van der Waals surface area contributed by atoms with Crippen LogP contribution in [0.4, 0.5) is 0 Å². The molecule has 0 bridgehead atoms. The second kappa shape index (κ2) is 9.60. The predicted molar refractivity (Wildman–Crippen MR) is 90.6 cm³/mol. The molecule has 0 aliphatic carbocycles. The third kappa shape index (κ3) is 5.57. The largest absolute Gasteiger partial charge is 0.497 e. The normalized spacial score (nSPS) is 18.5. The fourth-order valence-corrected chi connectivity index (χ4v) is 2.53. The lowest BCUT2D eigenvalue weighted by atomic mass is 10.1. The van der Waals surface area contributed by atoms with E-state index in [1.54, 1.807) is 14.2 Å². The number of amides is 1. The molecule has 1 fully saturated rings. The number of carbonyl (C=O) groups is 1. The molecular weight excluding hydrogens is 320 g/mol. The second-order valence-corrected chi connectivity index (χ2v) is 5.33. The Morgan fingerprint density at radius 3 is 2.83 bits per heavy atom. The highest BCUT2D eigenvalue weighted by Crippen LogP contribution is 2.29. The first-order chi connectivity index (χ1) is 10.6. The van der Waals surface area contributed by atoms with Gasteiger partial charge in [0.25, 0.3) is 0 Å². The zero-order valence-electron chi connectivity index (χ0n) is 13.8. The van der Waals surface area contributed by atoms with Crippen molar-refractivity contribution in [3.05, 3.63) is 23.8 Å². The van der Waals surface area contributed by atoms with E-state index in [0.717, 1.165) is 23.6 Å². The van der Waals surface area contributed by atoms with Crippen LogP contribution in [0.25, 0.3) is 0 Å². The molecule has 2 atom stereocenters. The van der Waals surface area contributed by atoms with Gasteiger partial charge in [0.2, 0.25) is 5.91 Å². The molecule has 7 heteroatoms. The number of halogens is 1. The maximum atomic E-state index is 12.2. The Morgan fingerprint density at radius 1 is 1.43 bits per heavy atom. The Morgan fingerprint density at radius 2 is 2.22 bits per heavy atom. The van der Waals surface area contributed by atoms with Crippen molar-refractivity contribution in [1.82, 2.24) is 10.6 Å². The molecule has 1 amide bonds. The summed E-state index contributed by atoms with van der Waals surface area (Å²) in [6.07, 6.45) is 0.399. The first-order valence-corrected chi connectivity index (χ1v) is 7.46. The molecule has 130 valence electrons. The quantitative estimate of drug-likeness (QED) is 0.821. The van der Waals surface area contributed by atoms with Crippen LogP contribution in [0.3, 0.4) is 0 Å². The summed E-state index contributed by atoms with van der Waals surface area (Å²) >= 11 is 0. The van der Waals surface area contributed by atoms with Crippen LogP contribution >= 0.6 is 12.4 Å². The summed E-state index contributed by atoms with van der Waals surface area (Å²) in [5, 5.41) is 6.27. The maximum Gasteiger partial charge on any atom is 0.222 e. The van der Waals surface area contributed by atoms with Crippen molar-refractivity contribution in [1.29, 1.82) is 0 Å². The minimum Gasteiger partial charge on any atom is -0.497 e. The minimum atomic E-state index is -0.165. The Hall–Kier alpha value is -1.50. The van der Waals surface area contributed by atoms with Crippen LogP contribution in [-0.4, -0.2) is 45.9 Å². The number of rotatable bonds is 6. The molecule has 1 aromatic rings. The molecule has 0 radical (unpaired) electrons. The van der Waals surface area contributed by atoms with Crippen molar-refractivity contribution >= 4 is 18.3 Å². The summed E-state index contributed by atoms with van der Waals surface area (Å²) < 4.78 is 16.0. The fourth-order valence-electron chi connectivity index (χ4n) is 2.53. The molecule has 6 nitrogen and oxygen atoms in total. The highest BCUT2D eigenvalue weighted by Gasteiger charge is 2.20. The highest BCUT2D eigenvalue weighted by molar-refractivity contribution is 5.85. The molecule has 1 heterocycles. The van der Waals surface area contributed by atoms with E-state index in [4.69, 9.17) is 14.2 Å². The molecule has 0 spiro atoms. The molecule has 2 N–H and O–H groups in total. The van der Waals surface area contributed by atoms with Crippen molar-refractivity contribution in [3.8, 4) is 11.5 Å². The lowest BCUT2D eigenvalue weighted by Gasteiger charge is -2.24. The van der Waals surface area contributed by atoms with Crippen molar-refractivity contribution in [2.24, 2.45) is 0 Å². The van der Waals surface area contributed by atoms with Crippen LogP contribution in [0.2, 0.25) is 0 Å². The van der Waals surface area contributed by atoms with E-state index in [-0.39, 0.29) is 30.4 Å². The minimum absolute atomic E-state index is 0. The van der Waals surface area contributed by atoms with Crippen LogP contribution in [0.15, 0.2) is 18.2 Å². The molecule has 23 heavy (non-hydrogen) atoms. The average Bonchev–Trinajstić information content (AvgIpc) is 2.54. The van der Waals surface area contributed by atoms with Gasteiger partial charge < -0.3 is 24.8 Å². The molecule has 0 aromatic heterocycles. The number of benzene rings is 1. The zero-order valence-corrected chi connectivity index (χ0v) is 14.6. The van der Waals surface area contributed by atoms with Gasteiger partial charge in [-0.25, -0.2) is 0 Å². The summed E-state index contributed by atoms with van der Waals surface area (Å²) in [7, 11) is 3.23. The van der Waals surface area contributed by atoms with Gasteiger partial charge in [-0.2, -0.15) is 0 Å². The first kappa shape index (κ1) is 19.5. The summed E-state index contributed by atoms with van der Waals surface area (Å²) in [6.45, 7) is 4.00. The lowest BCUT2D eigenvalue weighted by molar-refractivity contribution is -0.122. The average molecular weight is 345 g/mol. The second-order valence-electron chi connectivity index (χ2n) is 5.33. The van der Waals surface area contributed by atoms with Crippen LogP contribution in [0, 0.1) is 0 Å². The number of carbonyl (C=O) groups excluding carboxylic acids is 1. The monoisotopic (exact) mass is 344 g/mol. The Balaban J connectivity index is 0.00000264. The molecule has 2 rings (SSSR count). The van der Waals surface area contributed by atoms with Gasteiger partial charge in [0.15, 0.2) is 0 Å². The van der Waals surface area contributed by atoms with Gasteiger partial charge in [0.05, 0.1) is 33.5 Å². The topological polar surface area (TPSA) is 68.8 Å². The summed E-state index contributed by atoms with van der Waals surface area (Å²) in [5.74, 6) is 1.45. The van der Waals surface area contributed by atoms with Crippen LogP contribution in [0.1, 0.15) is 24.9 Å². The van der Waals surface area contributed by atoms with Crippen LogP contribution in [-0.2, 0) is 9.53 Å². The van der Waals surface area contributed by atoms with Gasteiger partial charge in [-0.05, 0) is 25.1 Å². The number of hydrogen-bond acceptors (Lipinski definition) is 5. The third-order valence-corrected chi connectivity index (χ3v) is 3.71. The molecule has 1 saturated heterocycles. The number of morpholine rings is 1. The van der Waals surface area contributed by atoms with Gasteiger partial charge in [-0.15, -0.1) is 12.4 Å². The molecule has 1 aliphatic heterocycles. The van der Waals surface area contributed by atoms with E-state index < -0.39 is 0 Å². The first-order valence-electron chi connectivity index (χ1n) is 7.46. The Labute approximate surface area is 143 Å². The third-order valence-electron chi connectivity index (χ3n) is 3.71. The molecular formula is C16H25ClN2O4. The van der Waals surface area contributed by atoms with Crippen molar-refractivity contribution in [2.45, 2.75) is 25.4 Å². The van der Waals surface area contributed by atoms with E-state index >= 15 is 0 Å². The van der Waals surface area contributed by atoms with Gasteiger partial charge in [-0.1, -0.05) is 0 Å². The highest BCUT2D eigenvalue weighted by atomic mass is 35.5. The van der Waals surface area contributed by atoms with E-state index in [1.807, 2.05) is 25.1 Å². The number of hydrogen-bond donors (Lipinski definition) is 2. The lowest BCUT2D eigenvalue weighted by Crippen LogP contribution is -2.44. The van der Waals surface area contributed by atoms with Crippen LogP contribution in [0.5, 0.6) is 11.5 Å². The van der Waals surface area contributed by atoms with Crippen molar-refractivity contribution < 1.29 is 19.0 Å². The number of methoxy groups -OCH3 is 2. The molecule has 1 aliphatic rings. The Kier molecular flexibility index (Phi) is 8.16. The summed E-state index contributed by atoms with van der Waals surface area (Å²) in [5.41, 5.74) is 0.892. The van der Waals surface area contributed by atoms with Crippen LogP contribution < -0.4 is 20.1 Å². The predicted octanol–water partition coefficient (Wildman–Crippen LogP) is 1.68. The summed E-state index contributed by atoms with van der Waals surface area (Å²) in [4.78, 5) is 12.2. The van der Waals surface area contributed by atoms with Crippen molar-refractivity contribution in [3.63, 3.8) is 0 Å². The van der Waals surface area contributed by atoms with Gasteiger partial charge in [-0.3, -0.25) is 4.79 Å². The van der Waals surface area contributed by atoms with Gasteiger partial charge >= 0.3 is 0 Å². The smallest absolute Gasteiger partial charge is 0.222 e. The van der Waals surface area contributed by atoms with Crippen molar-refractivity contribution in [2.75, 3.05) is 34.0 Å².